The van der Waals surface area contributed by atoms with E-state index in [1.54, 1.807) is 24.3 Å². The molecule has 1 aromatic carbocycles. The first-order chi connectivity index (χ1) is 9.48. The average molecular weight is 278 g/mol. The molecule has 0 saturated carbocycles. The van der Waals surface area contributed by atoms with Crippen LogP contribution in [0.5, 0.6) is 5.75 Å². The maximum atomic E-state index is 11.9. The van der Waals surface area contributed by atoms with Gasteiger partial charge in [0.05, 0.1) is 13.2 Å². The highest BCUT2D eigenvalue weighted by Crippen LogP contribution is 2.25. The minimum absolute atomic E-state index is 0.0419. The molecule has 2 amide bonds. The lowest BCUT2D eigenvalue weighted by Crippen LogP contribution is -2.48. The van der Waals surface area contributed by atoms with Crippen molar-refractivity contribution in [2.24, 2.45) is 11.1 Å². The zero-order chi connectivity index (χ0) is 14.6. The van der Waals surface area contributed by atoms with Gasteiger partial charge in [-0.25, -0.2) is 0 Å². The fourth-order valence-corrected chi connectivity index (χ4v) is 1.81. The third-order valence-corrected chi connectivity index (χ3v) is 3.07. The summed E-state index contributed by atoms with van der Waals surface area (Å²) in [7, 11) is 0. The summed E-state index contributed by atoms with van der Waals surface area (Å²) in [5, 5.41) is 2.88. The van der Waals surface area contributed by atoms with Gasteiger partial charge in [0.15, 0.2) is 6.61 Å². The second kappa shape index (κ2) is 5.92. The van der Waals surface area contributed by atoms with Crippen LogP contribution in [0.15, 0.2) is 24.3 Å². The van der Waals surface area contributed by atoms with Crippen molar-refractivity contribution in [2.75, 3.05) is 26.4 Å². The first-order valence-corrected chi connectivity index (χ1v) is 6.36. The molecule has 0 atom stereocenters. The number of hydrogen-bond donors (Lipinski definition) is 2. The van der Waals surface area contributed by atoms with Gasteiger partial charge in [-0.05, 0) is 24.3 Å². The van der Waals surface area contributed by atoms with Crippen molar-refractivity contribution in [1.29, 1.82) is 0 Å². The Bertz CT molecular complexity index is 494. The molecule has 0 aliphatic carbocycles. The molecular formula is C14H18N2O4. The highest BCUT2D eigenvalue weighted by molar-refractivity contribution is 5.94. The number of hydrogen-bond acceptors (Lipinski definition) is 4. The zero-order valence-corrected chi connectivity index (χ0v) is 11.3. The second-order valence-electron chi connectivity index (χ2n) is 5.27. The second-order valence-corrected chi connectivity index (χ2v) is 5.27. The van der Waals surface area contributed by atoms with E-state index in [1.165, 1.54) is 0 Å². The lowest BCUT2D eigenvalue weighted by atomic mass is 9.88. The Morgan fingerprint density at radius 1 is 1.35 bits per heavy atom. The van der Waals surface area contributed by atoms with Gasteiger partial charge in [-0.2, -0.15) is 0 Å². The minimum Gasteiger partial charge on any atom is -0.484 e. The monoisotopic (exact) mass is 278 g/mol. The van der Waals surface area contributed by atoms with Crippen LogP contribution in [0.1, 0.15) is 17.3 Å². The van der Waals surface area contributed by atoms with Crippen LogP contribution in [0.25, 0.3) is 0 Å². The molecule has 1 aliphatic heterocycles. The van der Waals surface area contributed by atoms with Crippen LogP contribution in [-0.4, -0.2) is 38.2 Å². The molecule has 6 nitrogen and oxygen atoms in total. The Morgan fingerprint density at radius 2 is 2.00 bits per heavy atom. The molecule has 0 spiro atoms. The molecule has 108 valence electrons. The fourth-order valence-electron chi connectivity index (χ4n) is 1.81. The summed E-state index contributed by atoms with van der Waals surface area (Å²) in [4.78, 5) is 22.5. The molecule has 2 rings (SSSR count). The maximum absolute atomic E-state index is 11.9. The Kier molecular flexibility index (Phi) is 4.24. The third kappa shape index (κ3) is 3.71. The van der Waals surface area contributed by atoms with E-state index in [0.717, 1.165) is 0 Å². The molecule has 6 heteroatoms. The predicted octanol–water partition coefficient (Wildman–Crippen LogP) is 0.317. The quantitative estimate of drug-likeness (QED) is 0.784. The molecule has 1 aromatic rings. The largest absolute Gasteiger partial charge is 0.484 e. The molecule has 1 saturated heterocycles. The zero-order valence-electron chi connectivity index (χ0n) is 11.3. The molecule has 0 radical (unpaired) electrons. The molecular weight excluding hydrogens is 260 g/mol. The van der Waals surface area contributed by atoms with Crippen LogP contribution in [0, 0.1) is 5.41 Å². The highest BCUT2D eigenvalue weighted by Gasteiger charge is 2.33. The third-order valence-electron chi connectivity index (χ3n) is 3.07. The molecule has 0 aromatic heterocycles. The minimum atomic E-state index is -0.539. The van der Waals surface area contributed by atoms with E-state index in [1.807, 2.05) is 0 Å². The average Bonchev–Trinajstić information content (AvgIpc) is 2.41. The number of nitrogens with one attached hydrogen (secondary N) is 1. The molecule has 1 heterocycles. The van der Waals surface area contributed by atoms with E-state index in [-0.39, 0.29) is 17.9 Å². The Hall–Kier alpha value is -2.08. The van der Waals surface area contributed by atoms with E-state index in [0.29, 0.717) is 31.1 Å². The maximum Gasteiger partial charge on any atom is 0.255 e. The van der Waals surface area contributed by atoms with Crippen LogP contribution >= 0.6 is 0 Å². The Balaban J connectivity index is 1.85. The van der Waals surface area contributed by atoms with Crippen molar-refractivity contribution >= 4 is 11.8 Å². The van der Waals surface area contributed by atoms with E-state index in [4.69, 9.17) is 15.2 Å². The predicted molar refractivity (Wildman–Crippen MR) is 72.4 cm³/mol. The summed E-state index contributed by atoms with van der Waals surface area (Å²) < 4.78 is 10.3. The van der Waals surface area contributed by atoms with Crippen LogP contribution < -0.4 is 15.8 Å². The van der Waals surface area contributed by atoms with Gasteiger partial charge in [0.25, 0.3) is 11.8 Å². The summed E-state index contributed by atoms with van der Waals surface area (Å²) in [5.74, 6) is -0.179. The number of carbonyl (C=O) groups is 2. The standard InChI is InChI=1S/C14H18N2O4/c1-14(8-19-9-14)7-16-13(18)10-2-4-11(5-3-10)20-6-12(15)17/h2-5H,6-9H2,1H3,(H2,15,17)(H,16,18). The smallest absolute Gasteiger partial charge is 0.255 e. The van der Waals surface area contributed by atoms with Crippen molar-refractivity contribution in [2.45, 2.75) is 6.92 Å². The molecule has 1 fully saturated rings. The lowest BCUT2D eigenvalue weighted by Gasteiger charge is -2.38. The topological polar surface area (TPSA) is 90.6 Å². The van der Waals surface area contributed by atoms with E-state index < -0.39 is 5.91 Å². The van der Waals surface area contributed by atoms with Crippen molar-refractivity contribution < 1.29 is 19.1 Å². The number of rotatable bonds is 6. The summed E-state index contributed by atoms with van der Waals surface area (Å²) in [6, 6.07) is 6.55. The Labute approximate surface area is 117 Å². The van der Waals surface area contributed by atoms with Crippen molar-refractivity contribution in [1.82, 2.24) is 5.32 Å². The van der Waals surface area contributed by atoms with Gasteiger partial charge in [0, 0.05) is 17.5 Å². The number of carbonyl (C=O) groups excluding carboxylic acids is 2. The first-order valence-electron chi connectivity index (χ1n) is 6.36. The summed E-state index contributed by atoms with van der Waals surface area (Å²) in [5.41, 5.74) is 5.56. The highest BCUT2D eigenvalue weighted by atomic mass is 16.5. The van der Waals surface area contributed by atoms with Gasteiger partial charge >= 0.3 is 0 Å². The number of amides is 2. The molecule has 1 aliphatic rings. The SMILES string of the molecule is CC1(CNC(=O)c2ccc(OCC(N)=O)cc2)COC1. The van der Waals surface area contributed by atoms with Crippen LogP contribution in [0.3, 0.4) is 0 Å². The summed E-state index contributed by atoms with van der Waals surface area (Å²) >= 11 is 0. The summed E-state index contributed by atoms with van der Waals surface area (Å²) in [6.45, 7) is 3.83. The van der Waals surface area contributed by atoms with Crippen molar-refractivity contribution in [3.63, 3.8) is 0 Å². The molecule has 3 N–H and O–H groups in total. The summed E-state index contributed by atoms with van der Waals surface area (Å²) in [6.07, 6.45) is 0. The first kappa shape index (κ1) is 14.3. The number of ether oxygens (including phenoxy) is 2. The van der Waals surface area contributed by atoms with Gasteiger partial charge in [-0.15, -0.1) is 0 Å². The fraction of sp³-hybridized carbons (Fsp3) is 0.429. The van der Waals surface area contributed by atoms with E-state index in [2.05, 4.69) is 12.2 Å². The van der Waals surface area contributed by atoms with E-state index >= 15 is 0 Å². The van der Waals surface area contributed by atoms with Crippen LogP contribution in [-0.2, 0) is 9.53 Å². The normalized spacial score (nSPS) is 16.1. The van der Waals surface area contributed by atoms with E-state index in [9.17, 15) is 9.59 Å². The van der Waals surface area contributed by atoms with Gasteiger partial charge in [0.1, 0.15) is 5.75 Å². The van der Waals surface area contributed by atoms with Gasteiger partial charge in [-0.3, -0.25) is 9.59 Å². The van der Waals surface area contributed by atoms with Crippen molar-refractivity contribution in [3.8, 4) is 5.75 Å². The van der Waals surface area contributed by atoms with Crippen LogP contribution in [0.4, 0.5) is 0 Å². The van der Waals surface area contributed by atoms with Crippen molar-refractivity contribution in [3.05, 3.63) is 29.8 Å². The number of primary amides is 1. The van der Waals surface area contributed by atoms with Gasteiger partial charge in [0.2, 0.25) is 0 Å². The van der Waals surface area contributed by atoms with Gasteiger partial charge < -0.3 is 20.5 Å². The molecule has 0 unspecified atom stereocenters. The lowest BCUT2D eigenvalue weighted by molar-refractivity contribution is -0.119. The Morgan fingerprint density at radius 3 is 2.50 bits per heavy atom. The van der Waals surface area contributed by atoms with Crippen LogP contribution in [0.2, 0.25) is 0 Å². The number of benzene rings is 1. The number of nitrogens with two attached hydrogens (primary N) is 1. The molecule has 0 bridgehead atoms. The van der Waals surface area contributed by atoms with Gasteiger partial charge in [-0.1, -0.05) is 6.92 Å². The molecule has 20 heavy (non-hydrogen) atoms.